The van der Waals surface area contributed by atoms with Crippen LogP contribution in [-0.2, 0) is 4.79 Å². The van der Waals surface area contributed by atoms with Gasteiger partial charge in [-0.15, -0.1) is 11.6 Å². The summed E-state index contributed by atoms with van der Waals surface area (Å²) in [5, 5.41) is 0.0357. The summed E-state index contributed by atoms with van der Waals surface area (Å²) in [5.74, 6) is 0.276. The number of hydrogen-bond acceptors (Lipinski definition) is 1. The topological polar surface area (TPSA) is 17.1 Å². The Balaban J connectivity index is 3.65. The van der Waals surface area contributed by atoms with Crippen molar-refractivity contribution < 1.29 is 4.79 Å². The lowest BCUT2D eigenvalue weighted by Gasteiger charge is -2.18. The summed E-state index contributed by atoms with van der Waals surface area (Å²) in [7, 11) is 0. The predicted octanol–water partition coefficient (Wildman–Crippen LogP) is 4.57. The monoisotopic (exact) mass is 232 g/mol. The number of unbranched alkanes of at least 4 members (excludes halogenated alkanes) is 3. The Kier molecular flexibility index (Phi) is 7.25. The number of carbonyl (C=O) groups is 1. The van der Waals surface area contributed by atoms with Gasteiger partial charge in [-0.1, -0.05) is 53.4 Å². The predicted molar refractivity (Wildman–Crippen MR) is 67.5 cm³/mol. The first kappa shape index (κ1) is 15.0. The quantitative estimate of drug-likeness (QED) is 0.464. The normalized spacial score (nSPS) is 13.9. The Bertz CT molecular complexity index is 181. The van der Waals surface area contributed by atoms with E-state index in [1.807, 2.05) is 20.8 Å². The van der Waals surface area contributed by atoms with Crippen LogP contribution in [0.15, 0.2) is 0 Å². The van der Waals surface area contributed by atoms with Gasteiger partial charge in [0.25, 0.3) is 0 Å². The fourth-order valence-corrected chi connectivity index (χ4v) is 1.70. The molecule has 0 rings (SSSR count). The van der Waals surface area contributed by atoms with Gasteiger partial charge in [0.05, 0.1) is 0 Å². The highest BCUT2D eigenvalue weighted by Gasteiger charge is 2.23. The van der Waals surface area contributed by atoms with E-state index in [0.29, 0.717) is 6.42 Å². The summed E-state index contributed by atoms with van der Waals surface area (Å²) in [6, 6.07) is 0. The van der Waals surface area contributed by atoms with Crippen molar-refractivity contribution in [1.82, 2.24) is 0 Å². The van der Waals surface area contributed by atoms with Gasteiger partial charge in [0.15, 0.2) is 0 Å². The standard InChI is InChI=1S/C13H25ClO/c1-5-6-7-8-9-11(14)10-12(15)13(2,3)4/h11H,5-10H2,1-4H3. The van der Waals surface area contributed by atoms with E-state index >= 15 is 0 Å². The molecule has 0 saturated carbocycles. The van der Waals surface area contributed by atoms with Gasteiger partial charge in [-0.05, 0) is 6.42 Å². The van der Waals surface area contributed by atoms with Crippen LogP contribution in [0.5, 0.6) is 0 Å². The van der Waals surface area contributed by atoms with Crippen molar-refractivity contribution in [2.45, 2.75) is 71.6 Å². The second kappa shape index (κ2) is 7.27. The molecule has 1 unspecified atom stereocenters. The Morgan fingerprint density at radius 3 is 2.27 bits per heavy atom. The Morgan fingerprint density at radius 2 is 1.80 bits per heavy atom. The first-order chi connectivity index (χ1) is 6.88. The highest BCUT2D eigenvalue weighted by atomic mass is 35.5. The van der Waals surface area contributed by atoms with Gasteiger partial charge in [0, 0.05) is 17.2 Å². The third kappa shape index (κ3) is 7.84. The van der Waals surface area contributed by atoms with Crippen LogP contribution in [0.4, 0.5) is 0 Å². The van der Waals surface area contributed by atoms with E-state index in [1.54, 1.807) is 0 Å². The minimum absolute atomic E-state index is 0.0357. The molecule has 0 bridgehead atoms. The summed E-state index contributed by atoms with van der Waals surface area (Å²) in [6.07, 6.45) is 6.41. The number of carbonyl (C=O) groups excluding carboxylic acids is 1. The zero-order valence-corrected chi connectivity index (χ0v) is 11.4. The van der Waals surface area contributed by atoms with Gasteiger partial charge in [0.1, 0.15) is 5.78 Å². The minimum Gasteiger partial charge on any atom is -0.299 e. The molecule has 0 aliphatic heterocycles. The molecule has 0 aromatic rings. The molecule has 0 saturated heterocycles. The van der Waals surface area contributed by atoms with E-state index in [2.05, 4.69) is 6.92 Å². The Morgan fingerprint density at radius 1 is 1.20 bits per heavy atom. The molecule has 0 amide bonds. The van der Waals surface area contributed by atoms with Gasteiger partial charge in [-0.3, -0.25) is 4.79 Å². The van der Waals surface area contributed by atoms with Crippen LogP contribution in [0.3, 0.4) is 0 Å². The summed E-state index contributed by atoms with van der Waals surface area (Å²) >= 11 is 6.14. The van der Waals surface area contributed by atoms with Crippen LogP contribution in [0, 0.1) is 5.41 Å². The highest BCUT2D eigenvalue weighted by Crippen LogP contribution is 2.22. The molecule has 0 fully saturated rings. The number of halogens is 1. The molecule has 0 aromatic heterocycles. The lowest BCUT2D eigenvalue weighted by Crippen LogP contribution is -2.23. The molecule has 90 valence electrons. The minimum atomic E-state index is -0.240. The SMILES string of the molecule is CCCCCCC(Cl)CC(=O)C(C)(C)C. The van der Waals surface area contributed by atoms with Crippen molar-refractivity contribution in [3.8, 4) is 0 Å². The van der Waals surface area contributed by atoms with Gasteiger partial charge < -0.3 is 0 Å². The number of rotatable bonds is 7. The van der Waals surface area contributed by atoms with Crippen molar-refractivity contribution >= 4 is 17.4 Å². The van der Waals surface area contributed by atoms with Gasteiger partial charge in [-0.2, -0.15) is 0 Å². The fourth-order valence-electron chi connectivity index (χ4n) is 1.40. The first-order valence-electron chi connectivity index (χ1n) is 6.05. The molecular formula is C13H25ClO. The maximum atomic E-state index is 11.7. The van der Waals surface area contributed by atoms with E-state index in [-0.39, 0.29) is 16.6 Å². The second-order valence-corrected chi connectivity index (χ2v) is 5.94. The smallest absolute Gasteiger partial charge is 0.139 e. The van der Waals surface area contributed by atoms with Crippen molar-refractivity contribution in [3.05, 3.63) is 0 Å². The third-order valence-electron chi connectivity index (χ3n) is 2.61. The molecule has 0 heterocycles. The zero-order valence-electron chi connectivity index (χ0n) is 10.6. The van der Waals surface area contributed by atoms with Gasteiger partial charge in [-0.25, -0.2) is 0 Å². The maximum Gasteiger partial charge on any atom is 0.139 e. The summed E-state index contributed by atoms with van der Waals surface area (Å²) < 4.78 is 0. The molecule has 0 N–H and O–H groups in total. The highest BCUT2D eigenvalue weighted by molar-refractivity contribution is 6.21. The van der Waals surface area contributed by atoms with Crippen LogP contribution < -0.4 is 0 Å². The van der Waals surface area contributed by atoms with E-state index in [1.165, 1.54) is 19.3 Å². The van der Waals surface area contributed by atoms with Crippen LogP contribution >= 0.6 is 11.6 Å². The average Bonchev–Trinajstić information content (AvgIpc) is 2.11. The molecule has 0 aliphatic rings. The molecule has 1 atom stereocenters. The number of ketones is 1. The summed E-state index contributed by atoms with van der Waals surface area (Å²) in [5.41, 5.74) is -0.240. The molecule has 0 aromatic carbocycles. The average molecular weight is 233 g/mol. The van der Waals surface area contributed by atoms with Crippen LogP contribution in [0.1, 0.15) is 66.2 Å². The Labute approximate surface area is 99.6 Å². The van der Waals surface area contributed by atoms with Crippen molar-refractivity contribution in [1.29, 1.82) is 0 Å². The second-order valence-electron chi connectivity index (χ2n) is 5.32. The van der Waals surface area contributed by atoms with Crippen LogP contribution in [-0.4, -0.2) is 11.2 Å². The van der Waals surface area contributed by atoms with Crippen molar-refractivity contribution in [2.24, 2.45) is 5.41 Å². The van der Waals surface area contributed by atoms with E-state index in [4.69, 9.17) is 11.6 Å². The maximum absolute atomic E-state index is 11.7. The summed E-state index contributed by atoms with van der Waals surface area (Å²) in [6.45, 7) is 8.06. The number of alkyl halides is 1. The number of hydrogen-bond donors (Lipinski definition) is 0. The lowest BCUT2D eigenvalue weighted by molar-refractivity contribution is -0.126. The molecule has 0 aliphatic carbocycles. The van der Waals surface area contributed by atoms with E-state index in [0.717, 1.165) is 12.8 Å². The van der Waals surface area contributed by atoms with E-state index in [9.17, 15) is 4.79 Å². The molecule has 0 radical (unpaired) electrons. The number of Topliss-reactive ketones (excluding diaryl/α,β-unsaturated/α-hetero) is 1. The van der Waals surface area contributed by atoms with Gasteiger partial charge in [0.2, 0.25) is 0 Å². The molecular weight excluding hydrogens is 208 g/mol. The molecule has 1 nitrogen and oxygen atoms in total. The summed E-state index contributed by atoms with van der Waals surface area (Å²) in [4.78, 5) is 11.7. The largest absolute Gasteiger partial charge is 0.299 e. The molecule has 15 heavy (non-hydrogen) atoms. The van der Waals surface area contributed by atoms with Crippen LogP contribution in [0.2, 0.25) is 0 Å². The molecule has 0 spiro atoms. The van der Waals surface area contributed by atoms with Gasteiger partial charge >= 0.3 is 0 Å². The molecule has 2 heteroatoms. The Hall–Kier alpha value is -0.0400. The van der Waals surface area contributed by atoms with Crippen LogP contribution in [0.25, 0.3) is 0 Å². The first-order valence-corrected chi connectivity index (χ1v) is 6.49. The zero-order chi connectivity index (χ0) is 11.9. The van der Waals surface area contributed by atoms with E-state index < -0.39 is 0 Å². The fraction of sp³-hybridized carbons (Fsp3) is 0.923. The lowest BCUT2D eigenvalue weighted by atomic mass is 9.87. The van der Waals surface area contributed by atoms with Crippen molar-refractivity contribution in [2.75, 3.05) is 0 Å². The van der Waals surface area contributed by atoms with Crippen molar-refractivity contribution in [3.63, 3.8) is 0 Å². The third-order valence-corrected chi connectivity index (χ3v) is 2.99.